The van der Waals surface area contributed by atoms with Crippen LogP contribution in [0, 0.1) is 35.5 Å². The lowest BCUT2D eigenvalue weighted by atomic mass is 10.0. The Bertz CT molecular complexity index is 3420. The van der Waals surface area contributed by atoms with E-state index in [9.17, 15) is 27.6 Å². The Morgan fingerprint density at radius 3 is 0.988 bits per heavy atom. The van der Waals surface area contributed by atoms with Crippen molar-refractivity contribution in [3.8, 4) is 35.5 Å². The van der Waals surface area contributed by atoms with Crippen LogP contribution in [-0.2, 0) is 33.4 Å². The van der Waals surface area contributed by atoms with Crippen molar-refractivity contribution in [2.45, 2.75) is 25.9 Å². The van der Waals surface area contributed by atoms with Crippen LogP contribution in [0.15, 0.2) is 212 Å². The van der Waals surface area contributed by atoms with Crippen LogP contribution in [0.25, 0.3) is 16.7 Å². The minimum absolute atomic E-state index is 0.00444. The fourth-order valence-electron chi connectivity index (χ4n) is 7.73. The Morgan fingerprint density at radius 2 is 0.695 bits per heavy atom. The van der Waals surface area contributed by atoms with Crippen LogP contribution in [-0.4, -0.2) is 108 Å². The van der Waals surface area contributed by atoms with Gasteiger partial charge in [-0.2, -0.15) is 13.2 Å². The maximum atomic E-state index is 12.6. The minimum Gasteiger partial charge on any atom is -0.480 e. The number of carboxylic acids is 3. The number of rotatable bonds is 18. The number of likely N-dealkylation sites (N-methyl/N-ethyl adjacent to an activating group) is 3. The lowest BCUT2D eigenvalue weighted by Gasteiger charge is -2.11. The zero-order valence-corrected chi connectivity index (χ0v) is 46.4. The van der Waals surface area contributed by atoms with Gasteiger partial charge < -0.3 is 15.3 Å². The third-order valence-corrected chi connectivity index (χ3v) is 12.1. The molecule has 0 bridgehead atoms. The zero-order chi connectivity index (χ0) is 59.1. The number of carbonyl (C=O) groups is 3. The maximum Gasteiger partial charge on any atom is 0.416 e. The summed E-state index contributed by atoms with van der Waals surface area (Å²) in [6.45, 7) is 3.44. The Labute approximate surface area is 480 Å². The van der Waals surface area contributed by atoms with E-state index < -0.39 is 29.6 Å². The molecule has 0 fully saturated rings. The van der Waals surface area contributed by atoms with Crippen molar-refractivity contribution < 1.29 is 42.9 Å². The molecule has 0 aliphatic rings. The second-order valence-electron chi connectivity index (χ2n) is 19.0. The average molecular weight is 1100 g/mol. The third-order valence-electron chi connectivity index (χ3n) is 12.1. The number of aryl methyl sites for hydroxylation is 1. The number of aliphatic carboxylic acids is 3. The van der Waals surface area contributed by atoms with Crippen LogP contribution < -0.4 is 0 Å². The number of nitrogens with zero attached hydrogens (tertiary/aromatic N) is 3. The molecule has 418 valence electrons. The van der Waals surface area contributed by atoms with Crippen LogP contribution >= 0.6 is 0 Å². The third kappa shape index (κ3) is 24.3. The smallest absolute Gasteiger partial charge is 0.416 e. The molecule has 3 N–H and O–H groups in total. The number of halogens is 3. The summed E-state index contributed by atoms with van der Waals surface area (Å²) < 4.78 is 37.9. The van der Waals surface area contributed by atoms with Gasteiger partial charge in [-0.05, 0) is 116 Å². The highest BCUT2D eigenvalue weighted by atomic mass is 19.4. The Hall–Kier alpha value is -9.48. The van der Waals surface area contributed by atoms with E-state index in [4.69, 9.17) is 15.3 Å². The molecule has 0 heterocycles. The topological polar surface area (TPSA) is 122 Å². The molecule has 0 unspecified atom stereocenters. The Morgan fingerprint density at radius 1 is 0.415 bits per heavy atom. The first-order valence-electron chi connectivity index (χ1n) is 26.4. The monoisotopic (exact) mass is 1100 g/mol. The van der Waals surface area contributed by atoms with Crippen LogP contribution in [0.5, 0.6) is 0 Å². The summed E-state index contributed by atoms with van der Waals surface area (Å²) in [5.41, 5.74) is 10.9. The molecule has 0 saturated heterocycles. The van der Waals surface area contributed by atoms with E-state index in [0.29, 0.717) is 30.8 Å². The van der Waals surface area contributed by atoms with Crippen molar-refractivity contribution in [1.29, 1.82) is 0 Å². The fraction of sp³-hybridized carbons (Fsp3) is 0.186. The Balaban J connectivity index is 0.000000227. The van der Waals surface area contributed by atoms with Crippen LogP contribution in [0.1, 0.15) is 62.6 Å². The molecule has 9 nitrogen and oxygen atoms in total. The van der Waals surface area contributed by atoms with Crippen molar-refractivity contribution >= 4 is 34.6 Å². The molecular formula is C70H66F3N3O6. The molecule has 0 amide bonds. The van der Waals surface area contributed by atoms with Crippen molar-refractivity contribution in [1.82, 2.24) is 14.7 Å². The van der Waals surface area contributed by atoms with E-state index >= 15 is 0 Å². The molecule has 12 heteroatoms. The molecule has 7 rings (SSSR count). The molecule has 0 spiro atoms. The first-order valence-corrected chi connectivity index (χ1v) is 26.4. The van der Waals surface area contributed by atoms with E-state index in [0.717, 1.165) is 63.9 Å². The van der Waals surface area contributed by atoms with Crippen molar-refractivity contribution in [2.24, 2.45) is 0 Å². The Kier molecular flexibility index (Phi) is 26.1. The van der Waals surface area contributed by atoms with Gasteiger partial charge in [-0.3, -0.25) is 29.1 Å². The second kappa shape index (κ2) is 33.8. The summed E-state index contributed by atoms with van der Waals surface area (Å²) in [6, 6.07) is 60.8. The lowest BCUT2D eigenvalue weighted by Crippen LogP contribution is -2.25. The maximum absolute atomic E-state index is 12.6. The normalized spacial score (nSPS) is 11.3. The highest BCUT2D eigenvalue weighted by molar-refractivity contribution is 5.82. The number of alkyl halides is 3. The van der Waals surface area contributed by atoms with Crippen molar-refractivity contribution in [3.05, 3.63) is 268 Å². The molecule has 82 heavy (non-hydrogen) atoms. The molecule has 0 atom stereocenters. The molecule has 0 radical (unpaired) electrons. The number of hydrogen-bond acceptors (Lipinski definition) is 6. The molecular weight excluding hydrogens is 1040 g/mol. The largest absolute Gasteiger partial charge is 0.480 e. The van der Waals surface area contributed by atoms with Gasteiger partial charge in [-0.25, -0.2) is 0 Å². The molecule has 0 saturated carbocycles. The number of hydrogen-bond donors (Lipinski definition) is 3. The number of carboxylic acid groups (broad SMARTS) is 3. The van der Waals surface area contributed by atoms with E-state index in [1.165, 1.54) is 28.8 Å². The summed E-state index contributed by atoms with van der Waals surface area (Å²) in [7, 11) is 5.24. The SMILES string of the molecule is CCc1ccc(C#CC(=CCN(C)CC(=O)O)c2ccccc2)cc1.CN(CC=C(C#Cc1ccc(C(F)(F)F)cc1)c1ccccc1)CC(=O)O.CN(CC=C(C#Cc1ccc(Cc2ccccc2)cc1)c1ccccc1)CC(=O)O. The van der Waals surface area contributed by atoms with Crippen LogP contribution in [0.4, 0.5) is 13.2 Å². The highest BCUT2D eigenvalue weighted by Crippen LogP contribution is 2.29. The van der Waals surface area contributed by atoms with E-state index in [1.54, 1.807) is 41.9 Å². The summed E-state index contributed by atoms with van der Waals surface area (Å²) >= 11 is 0. The molecule has 0 aliphatic heterocycles. The minimum atomic E-state index is -4.38. The summed E-state index contributed by atoms with van der Waals surface area (Å²) in [4.78, 5) is 37.5. The second-order valence-corrected chi connectivity index (χ2v) is 19.0. The number of allylic oxidation sites excluding steroid dienone is 3. The average Bonchev–Trinajstić information content (AvgIpc) is 3.55. The predicted molar refractivity (Wildman–Crippen MR) is 322 cm³/mol. The number of benzene rings is 7. The van der Waals surface area contributed by atoms with Gasteiger partial charge in [0.25, 0.3) is 0 Å². The first-order chi connectivity index (χ1) is 39.4. The van der Waals surface area contributed by atoms with Crippen LogP contribution in [0.2, 0.25) is 0 Å². The van der Waals surface area contributed by atoms with Gasteiger partial charge >= 0.3 is 24.1 Å². The van der Waals surface area contributed by atoms with Gasteiger partial charge in [0.1, 0.15) is 0 Å². The summed E-state index contributed by atoms with van der Waals surface area (Å²) in [5, 5.41) is 26.6. The van der Waals surface area contributed by atoms with E-state index in [-0.39, 0.29) is 19.6 Å². The van der Waals surface area contributed by atoms with Gasteiger partial charge in [0.2, 0.25) is 0 Å². The molecule has 7 aromatic carbocycles. The van der Waals surface area contributed by atoms with Crippen molar-refractivity contribution in [3.63, 3.8) is 0 Å². The van der Waals surface area contributed by atoms with Crippen LogP contribution in [0.3, 0.4) is 0 Å². The molecule has 7 aromatic rings. The predicted octanol–water partition coefficient (Wildman–Crippen LogP) is 12.6. The summed E-state index contributed by atoms with van der Waals surface area (Å²) in [6.07, 6.45) is 3.30. The highest BCUT2D eigenvalue weighted by Gasteiger charge is 2.29. The zero-order valence-electron chi connectivity index (χ0n) is 46.4. The van der Waals surface area contributed by atoms with Gasteiger partial charge in [0.05, 0.1) is 25.2 Å². The lowest BCUT2D eigenvalue weighted by molar-refractivity contribution is -0.138. The van der Waals surface area contributed by atoms with E-state index in [1.807, 2.05) is 133 Å². The van der Waals surface area contributed by atoms with Gasteiger partial charge in [-0.1, -0.05) is 206 Å². The standard InChI is InChI=1S/C27H25NO2.C22H23NO2.C21H18F3NO2/c1-28(21-27(29)30)19-18-26(25-10-6-3-7-11-25)17-16-22-12-14-24(15-13-22)20-23-8-4-2-5-9-23;1-3-18-9-11-19(12-10-18)13-14-21(20-7-5-4-6-8-20)15-16-23(2)17-22(24)25;1-25(15-20(26)27)14-13-18(17-5-3-2-4-6-17)10-7-16-8-11-19(12-9-16)21(22,23)24/h2-15,18H,19-21H2,1H3,(H,29,30);4-12,15H,3,16-17H2,1-2H3,(H,24,25);2-6,8-9,11-13H,14-15H2,1H3,(H,26,27). The summed E-state index contributed by atoms with van der Waals surface area (Å²) in [5.74, 6) is 16.2. The first kappa shape index (κ1) is 63.4. The molecule has 0 aromatic heterocycles. The van der Waals surface area contributed by atoms with Gasteiger partial charge in [-0.15, -0.1) is 0 Å². The molecule has 0 aliphatic carbocycles. The van der Waals surface area contributed by atoms with Gasteiger partial charge in [0, 0.05) is 53.0 Å². The van der Waals surface area contributed by atoms with Gasteiger partial charge in [0.15, 0.2) is 0 Å². The fourth-order valence-corrected chi connectivity index (χ4v) is 7.73. The quantitative estimate of drug-likeness (QED) is 0.0721. The van der Waals surface area contributed by atoms with Crippen molar-refractivity contribution in [2.75, 3.05) is 60.4 Å². The van der Waals surface area contributed by atoms with E-state index in [2.05, 4.69) is 91.0 Å².